The van der Waals surface area contributed by atoms with Gasteiger partial charge in [-0.1, -0.05) is 60.1 Å². The van der Waals surface area contributed by atoms with Crippen molar-refractivity contribution in [1.82, 2.24) is 5.32 Å². The molecule has 0 aliphatic heterocycles. The molecule has 5 heteroatoms. The maximum Gasteiger partial charge on any atom is 0.251 e. The fraction of sp³-hybridized carbons (Fsp3) is 0.0909. The molecule has 0 radical (unpaired) electrons. The first-order valence-corrected chi connectivity index (χ1v) is 8.94. The predicted molar refractivity (Wildman–Crippen MR) is 108 cm³/mol. The molecule has 0 saturated carbocycles. The Morgan fingerprint density at radius 3 is 2.04 bits per heavy atom. The summed E-state index contributed by atoms with van der Waals surface area (Å²) in [6.07, 6.45) is 0. The molecule has 0 fully saturated rings. The lowest BCUT2D eigenvalue weighted by atomic mass is 10.2. The molecule has 0 heterocycles. The van der Waals surface area contributed by atoms with Gasteiger partial charge in [-0.2, -0.15) is 0 Å². The Labute approximate surface area is 163 Å². The van der Waals surface area contributed by atoms with Crippen LogP contribution in [0.5, 0.6) is 0 Å². The summed E-state index contributed by atoms with van der Waals surface area (Å²) in [5.74, 6) is -0.500. The molecule has 1 N–H and O–H groups in total. The molecule has 4 nitrogen and oxygen atoms in total. The second-order valence-corrected chi connectivity index (χ2v) is 6.43. The van der Waals surface area contributed by atoms with Gasteiger partial charge in [0.25, 0.3) is 5.91 Å². The van der Waals surface area contributed by atoms with Gasteiger partial charge in [0.1, 0.15) is 0 Å². The predicted octanol–water partition coefficient (Wildman–Crippen LogP) is 4.30. The van der Waals surface area contributed by atoms with E-state index in [1.54, 1.807) is 29.2 Å². The molecular formula is C22H19ClN2O2. The van der Waals surface area contributed by atoms with Crippen molar-refractivity contribution in [3.05, 3.63) is 101 Å². The largest absolute Gasteiger partial charge is 0.343 e. The Hall–Kier alpha value is -3.11. The lowest BCUT2D eigenvalue weighted by Gasteiger charge is -2.23. The highest BCUT2D eigenvalue weighted by molar-refractivity contribution is 6.30. The van der Waals surface area contributed by atoms with Crippen molar-refractivity contribution in [2.75, 3.05) is 11.4 Å². The average molecular weight is 379 g/mol. The van der Waals surface area contributed by atoms with E-state index >= 15 is 0 Å². The molecule has 136 valence electrons. The Balaban J connectivity index is 1.71. The van der Waals surface area contributed by atoms with E-state index in [9.17, 15) is 9.59 Å². The summed E-state index contributed by atoms with van der Waals surface area (Å²) >= 11 is 5.84. The van der Waals surface area contributed by atoms with E-state index in [2.05, 4.69) is 5.32 Å². The molecule has 0 aliphatic carbocycles. The van der Waals surface area contributed by atoms with E-state index in [-0.39, 0.29) is 18.4 Å². The Morgan fingerprint density at radius 1 is 0.815 bits per heavy atom. The first kappa shape index (κ1) is 18.7. The molecule has 0 spiro atoms. The summed E-state index contributed by atoms with van der Waals surface area (Å²) in [7, 11) is 0. The monoisotopic (exact) mass is 378 g/mol. The summed E-state index contributed by atoms with van der Waals surface area (Å²) in [5.41, 5.74) is 2.26. The number of carbonyl (C=O) groups excluding carboxylic acids is 2. The first-order valence-electron chi connectivity index (χ1n) is 8.56. The smallest absolute Gasteiger partial charge is 0.251 e. The molecule has 27 heavy (non-hydrogen) atoms. The van der Waals surface area contributed by atoms with E-state index in [4.69, 9.17) is 11.6 Å². The molecule has 3 aromatic carbocycles. The van der Waals surface area contributed by atoms with Gasteiger partial charge in [0, 0.05) is 16.3 Å². The third kappa shape index (κ3) is 5.19. The van der Waals surface area contributed by atoms with Crippen molar-refractivity contribution >= 4 is 29.1 Å². The number of anilines is 1. The van der Waals surface area contributed by atoms with Gasteiger partial charge in [0.2, 0.25) is 5.91 Å². The topological polar surface area (TPSA) is 49.4 Å². The van der Waals surface area contributed by atoms with Crippen LogP contribution in [-0.4, -0.2) is 18.4 Å². The normalized spacial score (nSPS) is 10.3. The van der Waals surface area contributed by atoms with E-state index in [0.717, 1.165) is 11.3 Å². The highest BCUT2D eigenvalue weighted by Gasteiger charge is 2.17. The van der Waals surface area contributed by atoms with Crippen LogP contribution < -0.4 is 10.2 Å². The fourth-order valence-electron chi connectivity index (χ4n) is 2.65. The Bertz CT molecular complexity index is 897. The molecule has 0 aromatic heterocycles. The number of hydrogen-bond acceptors (Lipinski definition) is 2. The average Bonchev–Trinajstić information content (AvgIpc) is 2.72. The number of halogens is 1. The number of nitrogens with zero attached hydrogens (tertiary/aromatic N) is 1. The lowest BCUT2D eigenvalue weighted by Crippen LogP contribution is -2.40. The van der Waals surface area contributed by atoms with Crippen molar-refractivity contribution in [2.24, 2.45) is 0 Å². The number of hydrogen-bond donors (Lipinski definition) is 1. The van der Waals surface area contributed by atoms with E-state index in [1.807, 2.05) is 60.7 Å². The quantitative estimate of drug-likeness (QED) is 0.695. The molecule has 2 amide bonds. The van der Waals surface area contributed by atoms with Crippen LogP contribution in [0.25, 0.3) is 0 Å². The minimum absolute atomic E-state index is 0.0941. The third-order valence-electron chi connectivity index (χ3n) is 4.06. The van der Waals surface area contributed by atoms with Crippen LogP contribution in [0.3, 0.4) is 0 Å². The van der Waals surface area contributed by atoms with E-state index in [0.29, 0.717) is 17.1 Å². The van der Waals surface area contributed by atoms with Crippen LogP contribution in [0.4, 0.5) is 5.69 Å². The number of para-hydroxylation sites is 1. The summed E-state index contributed by atoms with van der Waals surface area (Å²) < 4.78 is 0. The van der Waals surface area contributed by atoms with Gasteiger partial charge in [-0.3, -0.25) is 9.59 Å². The first-order chi connectivity index (χ1) is 13.1. The zero-order valence-electron chi connectivity index (χ0n) is 14.6. The lowest BCUT2D eigenvalue weighted by molar-refractivity contribution is -0.117. The summed E-state index contributed by atoms with van der Waals surface area (Å²) in [6, 6.07) is 25.7. The van der Waals surface area contributed by atoms with Crippen LogP contribution >= 0.6 is 11.6 Å². The molecule has 0 atom stereocenters. The minimum Gasteiger partial charge on any atom is -0.343 e. The van der Waals surface area contributed by atoms with Crippen LogP contribution in [-0.2, 0) is 11.3 Å². The van der Waals surface area contributed by atoms with E-state index < -0.39 is 0 Å². The van der Waals surface area contributed by atoms with Gasteiger partial charge in [-0.25, -0.2) is 0 Å². The summed E-state index contributed by atoms with van der Waals surface area (Å²) in [6.45, 7) is 0.337. The highest BCUT2D eigenvalue weighted by Crippen LogP contribution is 2.17. The Kier molecular flexibility index (Phi) is 6.23. The molecule has 3 aromatic rings. The van der Waals surface area contributed by atoms with E-state index in [1.165, 1.54) is 0 Å². The van der Waals surface area contributed by atoms with Gasteiger partial charge < -0.3 is 10.2 Å². The number of rotatable bonds is 6. The summed E-state index contributed by atoms with van der Waals surface area (Å²) in [5, 5.41) is 3.24. The zero-order chi connectivity index (χ0) is 19.1. The Morgan fingerprint density at radius 2 is 1.41 bits per heavy atom. The maximum absolute atomic E-state index is 12.8. The van der Waals surface area contributed by atoms with Crippen LogP contribution in [0.1, 0.15) is 15.9 Å². The third-order valence-corrected chi connectivity index (χ3v) is 4.31. The summed E-state index contributed by atoms with van der Waals surface area (Å²) in [4.78, 5) is 26.7. The zero-order valence-corrected chi connectivity index (χ0v) is 15.4. The molecule has 0 unspecified atom stereocenters. The van der Waals surface area contributed by atoms with Crippen molar-refractivity contribution in [3.8, 4) is 0 Å². The molecule has 0 bridgehead atoms. The molecule has 3 rings (SSSR count). The number of benzene rings is 3. The number of carbonyl (C=O) groups is 2. The minimum atomic E-state index is -0.312. The molecular weight excluding hydrogens is 360 g/mol. The fourth-order valence-corrected chi connectivity index (χ4v) is 2.78. The maximum atomic E-state index is 12.8. The second kappa shape index (κ2) is 9.01. The van der Waals surface area contributed by atoms with Crippen LogP contribution in [0.2, 0.25) is 5.02 Å². The van der Waals surface area contributed by atoms with Crippen LogP contribution in [0, 0.1) is 0 Å². The van der Waals surface area contributed by atoms with Crippen molar-refractivity contribution in [1.29, 1.82) is 0 Å². The van der Waals surface area contributed by atoms with Gasteiger partial charge in [-0.15, -0.1) is 0 Å². The van der Waals surface area contributed by atoms with Gasteiger partial charge in [-0.05, 0) is 42.0 Å². The number of amides is 2. The van der Waals surface area contributed by atoms with Crippen molar-refractivity contribution < 1.29 is 9.59 Å². The SMILES string of the molecule is O=C(NCC(=O)N(Cc1ccccc1)c1ccccc1)c1ccc(Cl)cc1. The van der Waals surface area contributed by atoms with Gasteiger partial charge in [0.05, 0.1) is 13.1 Å². The second-order valence-electron chi connectivity index (χ2n) is 5.99. The van der Waals surface area contributed by atoms with Crippen LogP contribution in [0.15, 0.2) is 84.9 Å². The highest BCUT2D eigenvalue weighted by atomic mass is 35.5. The van der Waals surface area contributed by atoms with Crippen molar-refractivity contribution in [3.63, 3.8) is 0 Å². The number of nitrogens with one attached hydrogen (secondary N) is 1. The molecule has 0 saturated heterocycles. The molecule has 0 aliphatic rings. The standard InChI is InChI=1S/C22H19ClN2O2/c23-19-13-11-18(12-14-19)22(27)24-15-21(26)25(20-9-5-2-6-10-20)16-17-7-3-1-4-8-17/h1-14H,15-16H2,(H,24,27). The van der Waals surface area contributed by atoms with Gasteiger partial charge in [0.15, 0.2) is 0 Å². The van der Waals surface area contributed by atoms with Gasteiger partial charge >= 0.3 is 0 Å². The van der Waals surface area contributed by atoms with Crippen molar-refractivity contribution in [2.45, 2.75) is 6.54 Å².